The molecule has 1 fully saturated rings. The van der Waals surface area contributed by atoms with Gasteiger partial charge in [-0.3, -0.25) is 0 Å². The lowest BCUT2D eigenvalue weighted by Crippen LogP contribution is -2.36. The molecule has 1 saturated heterocycles. The second-order valence-electron chi connectivity index (χ2n) is 6.67. The number of anilines is 2. The summed E-state index contributed by atoms with van der Waals surface area (Å²) in [5.41, 5.74) is 6.88. The number of hydrogen-bond acceptors (Lipinski definition) is 5. The van der Waals surface area contributed by atoms with Crippen LogP contribution in [0.4, 0.5) is 11.6 Å². The predicted molar refractivity (Wildman–Crippen MR) is 108 cm³/mol. The second kappa shape index (κ2) is 7.74. The zero-order valence-corrected chi connectivity index (χ0v) is 15.8. The van der Waals surface area contributed by atoms with Crippen molar-refractivity contribution in [3.05, 3.63) is 41.1 Å². The molecule has 0 saturated carbocycles. The van der Waals surface area contributed by atoms with Crippen molar-refractivity contribution in [2.45, 2.75) is 27.2 Å². The summed E-state index contributed by atoms with van der Waals surface area (Å²) >= 11 is 0. The topological polar surface area (TPSA) is 77.0 Å². The molecule has 2 aromatic rings. The Morgan fingerprint density at radius 3 is 2.73 bits per heavy atom. The Labute approximate surface area is 154 Å². The molecule has 3 N–H and O–H groups in total. The Kier molecular flexibility index (Phi) is 5.42. The first kappa shape index (κ1) is 18.2. The number of nitrogens with zero attached hydrogens (tertiary/aromatic N) is 2. The third kappa shape index (κ3) is 3.51. The molecule has 1 aromatic carbocycles. The minimum atomic E-state index is 0.654. The van der Waals surface area contributed by atoms with E-state index in [2.05, 4.69) is 40.8 Å². The van der Waals surface area contributed by atoms with Crippen LogP contribution in [-0.2, 0) is 11.2 Å². The van der Waals surface area contributed by atoms with Gasteiger partial charge in [0.25, 0.3) is 0 Å². The Hall–Kier alpha value is -2.60. The van der Waals surface area contributed by atoms with Crippen LogP contribution in [0.3, 0.4) is 0 Å². The highest BCUT2D eigenvalue weighted by molar-refractivity contribution is 5.93. The second-order valence-corrected chi connectivity index (χ2v) is 6.67. The number of hydrogen-bond donors (Lipinski definition) is 3. The molecule has 0 aliphatic carbocycles. The minimum absolute atomic E-state index is 0.654. The molecule has 0 unspecified atom stereocenters. The highest BCUT2D eigenvalue weighted by atomic mass is 16.5. The van der Waals surface area contributed by atoms with Crippen molar-refractivity contribution in [3.8, 4) is 0 Å². The van der Waals surface area contributed by atoms with Crippen molar-refractivity contribution in [2.24, 2.45) is 0 Å². The van der Waals surface area contributed by atoms with E-state index in [0.717, 1.165) is 60.6 Å². The summed E-state index contributed by atoms with van der Waals surface area (Å²) in [6.07, 6.45) is 2.26. The third-order valence-corrected chi connectivity index (χ3v) is 4.72. The fourth-order valence-electron chi connectivity index (χ4n) is 3.29. The maximum absolute atomic E-state index is 7.59. The normalized spacial score (nSPS) is 14.3. The Bertz CT molecular complexity index is 854. The van der Waals surface area contributed by atoms with Gasteiger partial charge in [0.05, 0.1) is 24.4 Å². The van der Waals surface area contributed by atoms with E-state index >= 15 is 0 Å². The minimum Gasteiger partial charge on any atom is -0.378 e. The van der Waals surface area contributed by atoms with Gasteiger partial charge in [0.2, 0.25) is 5.95 Å². The predicted octanol–water partition coefficient (Wildman–Crippen LogP) is 3.87. The molecule has 1 aliphatic heterocycles. The third-order valence-electron chi connectivity index (χ3n) is 4.72. The van der Waals surface area contributed by atoms with Crippen LogP contribution >= 0.6 is 0 Å². The first-order valence-corrected chi connectivity index (χ1v) is 9.03. The lowest BCUT2D eigenvalue weighted by atomic mass is 10.1. The van der Waals surface area contributed by atoms with Crippen molar-refractivity contribution >= 4 is 28.9 Å². The number of benzene rings is 1. The summed E-state index contributed by atoms with van der Waals surface area (Å²) in [6, 6.07) is 4.33. The van der Waals surface area contributed by atoms with Crippen LogP contribution in [0.5, 0.6) is 0 Å². The van der Waals surface area contributed by atoms with E-state index in [1.807, 2.05) is 13.8 Å². The van der Waals surface area contributed by atoms with Crippen LogP contribution in [-0.4, -0.2) is 42.5 Å². The van der Waals surface area contributed by atoms with E-state index in [-0.39, 0.29) is 0 Å². The summed E-state index contributed by atoms with van der Waals surface area (Å²) in [5, 5.41) is 10.8. The van der Waals surface area contributed by atoms with E-state index in [1.165, 1.54) is 11.8 Å². The number of allylic oxidation sites excluding steroid dienone is 2. The molecule has 138 valence electrons. The summed E-state index contributed by atoms with van der Waals surface area (Å²) in [7, 11) is 0. The number of fused-ring (bicyclic) bond motifs is 1. The average molecular weight is 353 g/mol. The molecule has 2 heterocycles. The van der Waals surface area contributed by atoms with E-state index < -0.39 is 0 Å². The van der Waals surface area contributed by atoms with Crippen LogP contribution in [0.2, 0.25) is 0 Å². The van der Waals surface area contributed by atoms with Gasteiger partial charge in [-0.1, -0.05) is 25.1 Å². The molecule has 0 amide bonds. The van der Waals surface area contributed by atoms with Crippen LogP contribution in [0, 0.1) is 5.41 Å². The standard InChI is InChI=1S/C20H27N5O/c1-5-15-6-7-17(25-8-10-26-11-9-25)19-18(15)23-20(24-19)22-14(4)16(12-21)13(2)3/h6-7,12,21H,4-5,8-11H2,1-3H3,(H2,22,23,24). The molecular weight excluding hydrogens is 326 g/mol. The van der Waals surface area contributed by atoms with Crippen molar-refractivity contribution in [1.29, 1.82) is 5.41 Å². The van der Waals surface area contributed by atoms with Gasteiger partial charge in [0.15, 0.2) is 0 Å². The van der Waals surface area contributed by atoms with E-state index in [1.54, 1.807) is 0 Å². The molecule has 1 aliphatic rings. The van der Waals surface area contributed by atoms with E-state index in [0.29, 0.717) is 11.6 Å². The Balaban J connectivity index is 1.99. The first-order chi connectivity index (χ1) is 12.5. The van der Waals surface area contributed by atoms with Crippen LogP contribution in [0.15, 0.2) is 35.6 Å². The van der Waals surface area contributed by atoms with E-state index in [4.69, 9.17) is 15.1 Å². The molecule has 0 radical (unpaired) electrons. The van der Waals surface area contributed by atoms with Crippen molar-refractivity contribution in [2.75, 3.05) is 36.5 Å². The molecule has 0 bridgehead atoms. The van der Waals surface area contributed by atoms with Gasteiger partial charge in [-0.25, -0.2) is 4.98 Å². The maximum atomic E-state index is 7.59. The molecule has 0 atom stereocenters. The zero-order chi connectivity index (χ0) is 18.7. The van der Waals surface area contributed by atoms with Gasteiger partial charge in [0.1, 0.15) is 5.52 Å². The maximum Gasteiger partial charge on any atom is 0.205 e. The molecule has 26 heavy (non-hydrogen) atoms. The van der Waals surface area contributed by atoms with Crippen LogP contribution in [0.25, 0.3) is 11.0 Å². The van der Waals surface area contributed by atoms with Gasteiger partial charge in [0, 0.05) is 30.6 Å². The fourth-order valence-corrected chi connectivity index (χ4v) is 3.29. The largest absolute Gasteiger partial charge is 0.378 e. The van der Waals surface area contributed by atoms with Crippen LogP contribution < -0.4 is 10.2 Å². The molecule has 6 heteroatoms. The summed E-state index contributed by atoms with van der Waals surface area (Å²) in [5.74, 6) is 0.654. The molecule has 1 aromatic heterocycles. The number of morpholine rings is 1. The van der Waals surface area contributed by atoms with Gasteiger partial charge in [-0.15, -0.1) is 0 Å². The van der Waals surface area contributed by atoms with Crippen molar-refractivity contribution in [3.63, 3.8) is 0 Å². The van der Waals surface area contributed by atoms with Gasteiger partial charge in [-0.05, 0) is 31.9 Å². The van der Waals surface area contributed by atoms with Crippen molar-refractivity contribution < 1.29 is 4.74 Å². The quantitative estimate of drug-likeness (QED) is 0.544. The molecule has 3 rings (SSSR count). The van der Waals surface area contributed by atoms with Gasteiger partial charge in [-0.2, -0.15) is 0 Å². The number of aromatic amines is 1. The number of aromatic nitrogens is 2. The smallest absolute Gasteiger partial charge is 0.205 e. The van der Waals surface area contributed by atoms with Crippen LogP contribution in [0.1, 0.15) is 26.3 Å². The Morgan fingerprint density at radius 2 is 2.12 bits per heavy atom. The highest BCUT2D eigenvalue weighted by Crippen LogP contribution is 2.30. The highest BCUT2D eigenvalue weighted by Gasteiger charge is 2.18. The summed E-state index contributed by atoms with van der Waals surface area (Å²) < 4.78 is 5.48. The number of nitrogens with one attached hydrogen (secondary N) is 3. The number of H-pyrrole nitrogens is 1. The zero-order valence-electron chi connectivity index (χ0n) is 15.8. The molecule has 6 nitrogen and oxygen atoms in total. The van der Waals surface area contributed by atoms with Crippen molar-refractivity contribution in [1.82, 2.24) is 9.97 Å². The van der Waals surface area contributed by atoms with Gasteiger partial charge < -0.3 is 25.3 Å². The fraction of sp³-hybridized carbons (Fsp3) is 0.400. The Morgan fingerprint density at radius 1 is 1.38 bits per heavy atom. The summed E-state index contributed by atoms with van der Waals surface area (Å²) in [4.78, 5) is 10.5. The number of aryl methyl sites for hydroxylation is 1. The lowest BCUT2D eigenvalue weighted by molar-refractivity contribution is 0.123. The van der Waals surface area contributed by atoms with E-state index in [9.17, 15) is 0 Å². The number of rotatable bonds is 6. The summed E-state index contributed by atoms with van der Waals surface area (Å²) in [6.45, 7) is 13.4. The number of imidazole rings is 1. The molecular formula is C20H27N5O. The SMILES string of the molecule is C=C(Nc1nc2c(N3CCOCC3)ccc(CC)c2[nH]1)C(C=N)=C(C)C. The number of ether oxygens (including phenoxy) is 1. The lowest BCUT2D eigenvalue weighted by Gasteiger charge is -2.29. The van der Waals surface area contributed by atoms with Gasteiger partial charge >= 0.3 is 0 Å². The average Bonchev–Trinajstić information content (AvgIpc) is 3.05. The first-order valence-electron chi connectivity index (χ1n) is 9.03. The monoisotopic (exact) mass is 353 g/mol. The molecule has 0 spiro atoms.